The van der Waals surface area contributed by atoms with Gasteiger partial charge >= 0.3 is 0 Å². The van der Waals surface area contributed by atoms with E-state index in [1.165, 1.54) is 0 Å². The van der Waals surface area contributed by atoms with E-state index in [9.17, 15) is 0 Å². The van der Waals surface area contributed by atoms with Gasteiger partial charge in [0.1, 0.15) is 18.2 Å². The van der Waals surface area contributed by atoms with Crippen LogP contribution in [0.3, 0.4) is 0 Å². The number of benzene rings is 2. The molecule has 0 unspecified atom stereocenters. The molecule has 2 aromatic rings. The molecule has 0 aliphatic heterocycles. The molecule has 0 amide bonds. The van der Waals surface area contributed by atoms with Crippen molar-refractivity contribution in [3.8, 4) is 5.75 Å². The third-order valence-corrected chi connectivity index (χ3v) is 2.80. The molecule has 6 N–H and O–H groups in total. The van der Waals surface area contributed by atoms with Gasteiger partial charge in [-0.05, 0) is 35.4 Å². The highest BCUT2D eigenvalue weighted by atomic mass is 16.5. The summed E-state index contributed by atoms with van der Waals surface area (Å²) in [6, 6.07) is 15.2. The zero-order valence-electron chi connectivity index (χ0n) is 13.0. The lowest BCUT2D eigenvalue weighted by atomic mass is 10.1. The number of rotatable bonds is 5. The van der Waals surface area contributed by atoms with Crippen LogP contribution in [0.1, 0.15) is 23.6 Å². The van der Waals surface area contributed by atoms with Crippen LogP contribution in [0.15, 0.2) is 48.5 Å². The van der Waals surface area contributed by atoms with Gasteiger partial charge < -0.3 is 21.3 Å². The van der Waals surface area contributed by atoms with Crippen LogP contribution in [0.5, 0.6) is 5.75 Å². The molecule has 6 nitrogen and oxygen atoms in total. The van der Waals surface area contributed by atoms with Gasteiger partial charge in [0.15, 0.2) is 0 Å². The van der Waals surface area contributed by atoms with Gasteiger partial charge in [-0.3, -0.25) is 10.2 Å². The highest BCUT2D eigenvalue weighted by molar-refractivity contribution is 5.94. The number of hydrogen-bond donors (Lipinski definition) is 4. The van der Waals surface area contributed by atoms with E-state index >= 15 is 0 Å². The summed E-state index contributed by atoms with van der Waals surface area (Å²) < 4.78 is 5.67. The molecule has 0 fully saturated rings. The molecule has 0 saturated heterocycles. The Labute approximate surface area is 135 Å². The number of carboxylic acid groups (broad SMARTS) is 1. The molecule has 0 spiro atoms. The summed E-state index contributed by atoms with van der Waals surface area (Å²) in [7, 11) is 0. The number of amidine groups is 1. The SMILES string of the molecule is CC(=O)O.N=C(N)c1ccc(OCc2cccc(CN)c2)cc1. The van der Waals surface area contributed by atoms with Gasteiger partial charge in [0.05, 0.1) is 0 Å². The van der Waals surface area contributed by atoms with E-state index < -0.39 is 5.97 Å². The van der Waals surface area contributed by atoms with Crippen molar-refractivity contribution < 1.29 is 14.6 Å². The van der Waals surface area contributed by atoms with Crippen molar-refractivity contribution in [3.05, 3.63) is 65.2 Å². The number of ether oxygens (including phenoxy) is 1. The maximum atomic E-state index is 9.00. The number of carbonyl (C=O) groups is 1. The number of carboxylic acids is 1. The molecular weight excluding hydrogens is 294 g/mol. The molecule has 0 atom stereocenters. The normalized spacial score (nSPS) is 9.48. The minimum atomic E-state index is -0.833. The number of nitrogen functional groups attached to an aromatic ring is 1. The van der Waals surface area contributed by atoms with Crippen molar-refractivity contribution in [2.75, 3.05) is 0 Å². The Morgan fingerprint density at radius 3 is 2.26 bits per heavy atom. The molecule has 0 heterocycles. The summed E-state index contributed by atoms with van der Waals surface area (Å²) in [5.41, 5.74) is 13.9. The lowest BCUT2D eigenvalue weighted by Crippen LogP contribution is -2.10. The molecule has 0 aliphatic rings. The van der Waals surface area contributed by atoms with E-state index in [-0.39, 0.29) is 5.84 Å². The highest BCUT2D eigenvalue weighted by Gasteiger charge is 1.99. The molecule has 0 aliphatic carbocycles. The van der Waals surface area contributed by atoms with Gasteiger partial charge in [-0.15, -0.1) is 0 Å². The number of aliphatic carboxylic acids is 1. The minimum absolute atomic E-state index is 0.0576. The van der Waals surface area contributed by atoms with Crippen LogP contribution >= 0.6 is 0 Å². The van der Waals surface area contributed by atoms with Crippen LogP contribution in [0.25, 0.3) is 0 Å². The Hall–Kier alpha value is -2.86. The molecule has 6 heteroatoms. The van der Waals surface area contributed by atoms with Crippen LogP contribution in [0.2, 0.25) is 0 Å². The van der Waals surface area contributed by atoms with Gasteiger partial charge in [0.2, 0.25) is 0 Å². The van der Waals surface area contributed by atoms with Crippen LogP contribution < -0.4 is 16.2 Å². The smallest absolute Gasteiger partial charge is 0.300 e. The Morgan fingerprint density at radius 1 is 1.17 bits per heavy atom. The molecule has 23 heavy (non-hydrogen) atoms. The van der Waals surface area contributed by atoms with Crippen LogP contribution in [-0.4, -0.2) is 16.9 Å². The molecule has 122 valence electrons. The Morgan fingerprint density at radius 2 is 1.74 bits per heavy atom. The summed E-state index contributed by atoms with van der Waals surface area (Å²) in [5.74, 6) is -0.0228. The predicted molar refractivity (Wildman–Crippen MR) is 89.4 cm³/mol. The third kappa shape index (κ3) is 7.10. The summed E-state index contributed by atoms with van der Waals surface area (Å²) in [5, 5.41) is 14.7. The second kappa shape index (κ2) is 9.22. The Kier molecular flexibility index (Phi) is 7.29. The second-order valence-corrected chi connectivity index (χ2v) is 4.77. The first kappa shape index (κ1) is 18.2. The highest BCUT2D eigenvalue weighted by Crippen LogP contribution is 2.14. The molecule has 0 radical (unpaired) electrons. The van der Waals surface area contributed by atoms with Crippen molar-refractivity contribution in [3.63, 3.8) is 0 Å². The molecule has 0 saturated carbocycles. The van der Waals surface area contributed by atoms with Crippen LogP contribution in [0.4, 0.5) is 0 Å². The lowest BCUT2D eigenvalue weighted by molar-refractivity contribution is -0.134. The number of nitrogens with two attached hydrogens (primary N) is 2. The molecule has 2 rings (SSSR count). The largest absolute Gasteiger partial charge is 0.489 e. The topological polar surface area (TPSA) is 122 Å². The van der Waals surface area contributed by atoms with Crippen molar-refractivity contribution in [2.24, 2.45) is 11.5 Å². The Balaban J connectivity index is 0.000000593. The minimum Gasteiger partial charge on any atom is -0.489 e. The second-order valence-electron chi connectivity index (χ2n) is 4.77. The zero-order chi connectivity index (χ0) is 17.2. The maximum Gasteiger partial charge on any atom is 0.300 e. The van der Waals surface area contributed by atoms with Crippen LogP contribution in [0, 0.1) is 5.41 Å². The molecule has 2 aromatic carbocycles. The first-order valence-corrected chi connectivity index (χ1v) is 6.97. The fourth-order valence-corrected chi connectivity index (χ4v) is 1.74. The van der Waals surface area contributed by atoms with E-state index in [0.717, 1.165) is 23.8 Å². The first-order valence-electron chi connectivity index (χ1n) is 6.97. The van der Waals surface area contributed by atoms with Crippen molar-refractivity contribution >= 4 is 11.8 Å². The van der Waals surface area contributed by atoms with E-state index in [4.69, 9.17) is 31.5 Å². The molecule has 0 bridgehead atoms. The number of hydrogen-bond acceptors (Lipinski definition) is 4. The fraction of sp³-hybridized carbons (Fsp3) is 0.176. The molecular formula is C17H21N3O3. The monoisotopic (exact) mass is 315 g/mol. The summed E-state index contributed by atoms with van der Waals surface area (Å²) >= 11 is 0. The first-order chi connectivity index (χ1) is 10.9. The van der Waals surface area contributed by atoms with Crippen molar-refractivity contribution in [1.29, 1.82) is 5.41 Å². The average molecular weight is 315 g/mol. The van der Waals surface area contributed by atoms with Gasteiger partial charge in [-0.25, -0.2) is 0 Å². The van der Waals surface area contributed by atoms with Gasteiger partial charge in [-0.1, -0.05) is 24.3 Å². The van der Waals surface area contributed by atoms with Crippen LogP contribution in [-0.2, 0) is 17.9 Å². The Bertz CT molecular complexity index is 650. The third-order valence-electron chi connectivity index (χ3n) is 2.80. The van der Waals surface area contributed by atoms with Gasteiger partial charge in [0.25, 0.3) is 5.97 Å². The van der Waals surface area contributed by atoms with Gasteiger partial charge in [0, 0.05) is 19.0 Å². The summed E-state index contributed by atoms with van der Waals surface area (Å²) in [6.45, 7) is 2.11. The van der Waals surface area contributed by atoms with E-state index in [1.807, 2.05) is 36.4 Å². The predicted octanol–water partition coefficient (Wildman–Crippen LogP) is 2.10. The zero-order valence-corrected chi connectivity index (χ0v) is 13.0. The van der Waals surface area contributed by atoms with Crippen molar-refractivity contribution in [2.45, 2.75) is 20.1 Å². The fourth-order valence-electron chi connectivity index (χ4n) is 1.74. The quantitative estimate of drug-likeness (QED) is 0.497. The lowest BCUT2D eigenvalue weighted by Gasteiger charge is -2.08. The average Bonchev–Trinajstić information content (AvgIpc) is 2.53. The van der Waals surface area contributed by atoms with E-state index in [0.29, 0.717) is 18.7 Å². The van der Waals surface area contributed by atoms with E-state index in [1.54, 1.807) is 12.1 Å². The maximum absolute atomic E-state index is 9.00. The molecule has 0 aromatic heterocycles. The summed E-state index contributed by atoms with van der Waals surface area (Å²) in [4.78, 5) is 9.00. The summed E-state index contributed by atoms with van der Waals surface area (Å²) in [6.07, 6.45) is 0. The number of nitrogens with one attached hydrogen (secondary N) is 1. The van der Waals surface area contributed by atoms with E-state index in [2.05, 4.69) is 0 Å². The van der Waals surface area contributed by atoms with Gasteiger partial charge in [-0.2, -0.15) is 0 Å². The van der Waals surface area contributed by atoms with Crippen molar-refractivity contribution in [1.82, 2.24) is 0 Å². The standard InChI is InChI=1S/C15H17N3O.C2H4O2/c16-9-11-2-1-3-12(8-11)10-19-14-6-4-13(5-7-14)15(17)18;1-2(3)4/h1-8H,9-10,16H2,(H3,17,18);1H3,(H,3,4).